The molecule has 0 aliphatic carbocycles. The summed E-state index contributed by atoms with van der Waals surface area (Å²) in [6.45, 7) is 0. The molecule has 19 heavy (non-hydrogen) atoms. The van der Waals surface area contributed by atoms with Crippen molar-refractivity contribution in [2.75, 3.05) is 0 Å². The van der Waals surface area contributed by atoms with Crippen LogP contribution < -0.4 is 4.74 Å². The van der Waals surface area contributed by atoms with Crippen LogP contribution in [0.5, 0.6) is 5.75 Å². The Kier molecular flexibility index (Phi) is 4.04. The second-order valence-corrected chi connectivity index (χ2v) is 4.25. The molecule has 0 saturated heterocycles. The van der Waals surface area contributed by atoms with E-state index in [0.29, 0.717) is 6.07 Å². The van der Waals surface area contributed by atoms with Gasteiger partial charge in [0.05, 0.1) is 5.56 Å². The second kappa shape index (κ2) is 4.80. The van der Waals surface area contributed by atoms with E-state index in [-0.39, 0.29) is 12.1 Å². The van der Waals surface area contributed by atoms with Crippen LogP contribution in [0.4, 0.5) is 35.1 Å². The number of alkyl halides is 8. The van der Waals surface area contributed by atoms with Crippen molar-refractivity contribution in [3.05, 3.63) is 29.6 Å². The highest BCUT2D eigenvalue weighted by atomic mass is 79.9. The van der Waals surface area contributed by atoms with Gasteiger partial charge in [-0.15, -0.1) is 0 Å². The number of hydrogen-bond acceptors (Lipinski definition) is 1. The molecule has 10 heteroatoms. The summed E-state index contributed by atoms with van der Waals surface area (Å²) in [7, 11) is 0. The molecule has 0 spiro atoms. The Labute approximate surface area is 109 Å². The first kappa shape index (κ1) is 16.0. The van der Waals surface area contributed by atoms with Gasteiger partial charge in [-0.2, -0.15) is 30.7 Å². The molecule has 1 rings (SSSR count). The van der Waals surface area contributed by atoms with Crippen LogP contribution in [0.2, 0.25) is 0 Å². The molecule has 1 aromatic rings. The average Bonchev–Trinajstić information content (AvgIpc) is 2.17. The molecule has 0 radical (unpaired) electrons. The molecule has 0 atom stereocenters. The van der Waals surface area contributed by atoms with Crippen LogP contribution in [0.1, 0.15) is 5.56 Å². The van der Waals surface area contributed by atoms with Crippen molar-refractivity contribution in [3.63, 3.8) is 0 Å². The summed E-state index contributed by atoms with van der Waals surface area (Å²) in [5, 5.41) is 0. The molecule has 0 N–H and O–H groups in total. The monoisotopic (exact) mass is 358 g/mol. The summed E-state index contributed by atoms with van der Waals surface area (Å²) in [5.74, 6) is -2.99. The maximum atomic E-state index is 12.8. The summed E-state index contributed by atoms with van der Waals surface area (Å²) in [6, 6.07) is 0.416. The maximum absolute atomic E-state index is 12.8. The van der Waals surface area contributed by atoms with E-state index in [0.717, 1.165) is 0 Å². The lowest BCUT2D eigenvalue weighted by Crippen LogP contribution is -2.40. The lowest BCUT2D eigenvalue weighted by molar-refractivity contribution is -0.266. The Morgan fingerprint density at radius 3 is 1.89 bits per heavy atom. The number of benzene rings is 1. The molecule has 0 fully saturated rings. The molecule has 0 bridgehead atoms. The molecule has 0 heterocycles. The highest BCUT2D eigenvalue weighted by Crippen LogP contribution is 2.42. The quantitative estimate of drug-likeness (QED) is 0.556. The van der Waals surface area contributed by atoms with Gasteiger partial charge in [-0.1, -0.05) is 0 Å². The van der Waals surface area contributed by atoms with Crippen molar-refractivity contribution in [1.82, 2.24) is 0 Å². The summed E-state index contributed by atoms with van der Waals surface area (Å²) in [4.78, 5) is -4.80. The molecule has 1 nitrogen and oxygen atoms in total. The zero-order valence-corrected chi connectivity index (χ0v) is 10.1. The summed E-state index contributed by atoms with van der Waals surface area (Å²) >= 11 is 1.33. The second-order valence-electron chi connectivity index (χ2n) is 3.26. The molecule has 0 aliphatic rings. The van der Waals surface area contributed by atoms with E-state index in [9.17, 15) is 35.1 Å². The Hall–Kier alpha value is -1.06. The van der Waals surface area contributed by atoms with Crippen LogP contribution in [-0.2, 0) is 6.18 Å². The minimum Gasteiger partial charge on any atom is -0.427 e. The normalized spacial score (nSPS) is 13.5. The van der Waals surface area contributed by atoms with Crippen molar-refractivity contribution in [2.24, 2.45) is 0 Å². The number of rotatable bonds is 3. The third-order valence-corrected chi connectivity index (χ3v) is 2.28. The minimum absolute atomic E-state index is 0.137. The van der Waals surface area contributed by atoms with Crippen molar-refractivity contribution in [2.45, 2.75) is 17.1 Å². The van der Waals surface area contributed by atoms with Gasteiger partial charge in [0.1, 0.15) is 11.6 Å². The van der Waals surface area contributed by atoms with E-state index in [1.807, 2.05) is 0 Å². The van der Waals surface area contributed by atoms with E-state index >= 15 is 0 Å². The van der Waals surface area contributed by atoms with E-state index in [1.54, 1.807) is 0 Å². The van der Waals surface area contributed by atoms with Crippen molar-refractivity contribution in [1.29, 1.82) is 0 Å². The first-order valence-corrected chi connectivity index (χ1v) is 5.14. The predicted octanol–water partition coefficient (Wildman–Crippen LogP) is 4.80. The smallest absolute Gasteiger partial charge is 0.427 e. The van der Waals surface area contributed by atoms with E-state index in [2.05, 4.69) is 4.74 Å². The van der Waals surface area contributed by atoms with Crippen LogP contribution in [0, 0.1) is 5.82 Å². The molecule has 1 aromatic carbocycles. The van der Waals surface area contributed by atoms with Gasteiger partial charge in [0.25, 0.3) is 0 Å². The Balaban J connectivity index is 3.12. The number of halogens is 9. The fourth-order valence-electron chi connectivity index (χ4n) is 0.991. The fourth-order valence-corrected chi connectivity index (χ4v) is 1.07. The Bertz CT molecular complexity index is 464. The highest BCUT2D eigenvalue weighted by Gasteiger charge is 2.58. The summed E-state index contributed by atoms with van der Waals surface area (Å²) in [5.41, 5.74) is -1.90. The van der Waals surface area contributed by atoms with Gasteiger partial charge in [-0.05, 0) is 18.2 Å². The van der Waals surface area contributed by atoms with Gasteiger partial charge < -0.3 is 4.74 Å². The molecule has 0 unspecified atom stereocenters. The van der Waals surface area contributed by atoms with E-state index < -0.39 is 34.2 Å². The van der Waals surface area contributed by atoms with Gasteiger partial charge in [-0.25, -0.2) is 4.39 Å². The van der Waals surface area contributed by atoms with E-state index in [1.165, 1.54) is 15.9 Å². The molecular weight excluding hydrogens is 356 g/mol. The third-order valence-electron chi connectivity index (χ3n) is 1.82. The number of ether oxygens (including phenoxy) is 1. The fraction of sp³-hybridized carbons (Fsp3) is 0.333. The SMILES string of the molecule is Fc1ccc(OC(F)(F)C(F)(F)Br)cc1C(F)(F)F. The highest BCUT2D eigenvalue weighted by molar-refractivity contribution is 9.10. The van der Waals surface area contributed by atoms with Crippen LogP contribution in [0.15, 0.2) is 18.2 Å². The molecule has 0 aliphatic heterocycles. The zero-order chi connectivity index (χ0) is 15.1. The predicted molar refractivity (Wildman–Crippen MR) is 50.9 cm³/mol. The number of hydrogen-bond donors (Lipinski definition) is 0. The third kappa shape index (κ3) is 3.71. The van der Waals surface area contributed by atoms with E-state index in [4.69, 9.17) is 0 Å². The largest absolute Gasteiger partial charge is 0.475 e. The molecular formula is C9H3BrF8O. The zero-order valence-electron chi connectivity index (χ0n) is 8.54. The molecule has 108 valence electrons. The topological polar surface area (TPSA) is 9.23 Å². The molecule has 0 aromatic heterocycles. The van der Waals surface area contributed by atoms with Crippen LogP contribution in [0.25, 0.3) is 0 Å². The lowest BCUT2D eigenvalue weighted by atomic mass is 10.2. The van der Waals surface area contributed by atoms with Gasteiger partial charge in [0.2, 0.25) is 0 Å². The first-order valence-electron chi connectivity index (χ1n) is 4.35. The summed E-state index contributed by atoms with van der Waals surface area (Å²) in [6.07, 6.45) is -10.3. The van der Waals surface area contributed by atoms with Gasteiger partial charge in [-0.3, -0.25) is 0 Å². The average molecular weight is 359 g/mol. The van der Waals surface area contributed by atoms with Crippen molar-refractivity contribution < 1.29 is 39.9 Å². The Morgan fingerprint density at radius 1 is 0.947 bits per heavy atom. The van der Waals surface area contributed by atoms with Gasteiger partial charge >= 0.3 is 17.1 Å². The molecule has 0 amide bonds. The standard InChI is InChI=1S/C9H3BrF8O/c10-8(15,16)9(17,18)19-4-1-2-6(11)5(3-4)7(12,13)14/h1-3H. The lowest BCUT2D eigenvalue weighted by Gasteiger charge is -2.22. The Morgan fingerprint density at radius 2 is 1.47 bits per heavy atom. The maximum Gasteiger partial charge on any atom is 0.475 e. The van der Waals surface area contributed by atoms with Gasteiger partial charge in [0, 0.05) is 15.9 Å². The molecule has 0 saturated carbocycles. The minimum atomic E-state index is -5.17. The van der Waals surface area contributed by atoms with Crippen LogP contribution >= 0.6 is 15.9 Å². The first-order chi connectivity index (χ1) is 8.34. The van der Waals surface area contributed by atoms with Crippen molar-refractivity contribution in [3.8, 4) is 5.75 Å². The van der Waals surface area contributed by atoms with Gasteiger partial charge in [0.15, 0.2) is 0 Å². The van der Waals surface area contributed by atoms with Crippen LogP contribution in [0.3, 0.4) is 0 Å². The van der Waals surface area contributed by atoms with Crippen LogP contribution in [-0.4, -0.2) is 10.9 Å². The van der Waals surface area contributed by atoms with Crippen molar-refractivity contribution >= 4 is 15.9 Å². The summed E-state index contributed by atoms with van der Waals surface area (Å²) < 4.78 is 103.